The molecular weight excluding hydrogens is 439 g/mol. The second kappa shape index (κ2) is 9.04. The first-order valence-corrected chi connectivity index (χ1v) is 10.9. The highest BCUT2D eigenvalue weighted by atomic mass is 35.5. The zero-order chi connectivity index (χ0) is 21.1. The largest absolute Gasteiger partial charge is 0.484 e. The van der Waals surface area contributed by atoms with Crippen LogP contribution in [0.2, 0.25) is 10.0 Å². The number of carbonyl (C=O) groups excluding carboxylic acids is 1. The summed E-state index contributed by atoms with van der Waals surface area (Å²) in [5, 5.41) is 1.83. The van der Waals surface area contributed by atoms with Gasteiger partial charge in [-0.15, -0.1) is 0 Å². The summed E-state index contributed by atoms with van der Waals surface area (Å²) in [7, 11) is 0. The minimum Gasteiger partial charge on any atom is -0.484 e. The lowest BCUT2D eigenvalue weighted by Crippen LogP contribution is -2.34. The van der Waals surface area contributed by atoms with Crippen LogP contribution in [-0.2, 0) is 11.3 Å². The first-order chi connectivity index (χ1) is 14.5. The first-order valence-electron chi connectivity index (χ1n) is 9.29. The molecular formula is C23H18Cl2N2O2S. The van der Waals surface area contributed by atoms with Crippen LogP contribution in [0.4, 0.5) is 5.13 Å². The Morgan fingerprint density at radius 2 is 1.77 bits per heavy atom. The van der Waals surface area contributed by atoms with Crippen LogP contribution < -0.4 is 9.64 Å². The maximum atomic E-state index is 13.1. The second-order valence-electron chi connectivity index (χ2n) is 6.75. The molecule has 0 radical (unpaired) electrons. The summed E-state index contributed by atoms with van der Waals surface area (Å²) in [6.45, 7) is 2.26. The smallest absolute Gasteiger partial charge is 0.267 e. The van der Waals surface area contributed by atoms with Gasteiger partial charge in [-0.25, -0.2) is 4.98 Å². The van der Waals surface area contributed by atoms with Crippen molar-refractivity contribution >= 4 is 55.8 Å². The minimum absolute atomic E-state index is 0.114. The number of hydrogen-bond acceptors (Lipinski definition) is 4. The van der Waals surface area contributed by atoms with E-state index in [1.54, 1.807) is 29.2 Å². The van der Waals surface area contributed by atoms with Crippen molar-refractivity contribution in [1.29, 1.82) is 0 Å². The number of amides is 1. The highest BCUT2D eigenvalue weighted by Gasteiger charge is 2.22. The van der Waals surface area contributed by atoms with Crippen LogP contribution >= 0.6 is 34.5 Å². The molecule has 1 aromatic heterocycles. The molecule has 0 N–H and O–H groups in total. The molecule has 1 amide bonds. The fourth-order valence-electron chi connectivity index (χ4n) is 2.99. The number of halogens is 2. The number of carbonyl (C=O) groups is 1. The van der Waals surface area contributed by atoms with Gasteiger partial charge < -0.3 is 4.74 Å². The predicted octanol–water partition coefficient (Wildman–Crippen LogP) is 6.52. The van der Waals surface area contributed by atoms with Crippen molar-refractivity contribution in [3.05, 3.63) is 87.9 Å². The van der Waals surface area contributed by atoms with Gasteiger partial charge in [0.25, 0.3) is 5.91 Å². The maximum Gasteiger partial charge on any atom is 0.267 e. The second-order valence-corrected chi connectivity index (χ2v) is 8.57. The minimum atomic E-state index is -0.193. The van der Waals surface area contributed by atoms with Crippen LogP contribution in [0.15, 0.2) is 66.7 Å². The molecule has 30 heavy (non-hydrogen) atoms. The number of ether oxygens (including phenoxy) is 1. The van der Waals surface area contributed by atoms with E-state index >= 15 is 0 Å². The molecule has 4 nitrogen and oxygen atoms in total. The van der Waals surface area contributed by atoms with E-state index in [1.165, 1.54) is 11.3 Å². The number of hydrogen-bond donors (Lipinski definition) is 0. The third kappa shape index (κ3) is 4.59. The van der Waals surface area contributed by atoms with E-state index in [1.807, 2.05) is 49.4 Å². The summed E-state index contributed by atoms with van der Waals surface area (Å²) >= 11 is 13.7. The Hall–Kier alpha value is -2.60. The summed E-state index contributed by atoms with van der Waals surface area (Å²) in [4.78, 5) is 19.5. The molecule has 7 heteroatoms. The van der Waals surface area contributed by atoms with Crippen LogP contribution in [0.1, 0.15) is 11.1 Å². The van der Waals surface area contributed by atoms with Gasteiger partial charge in [0.1, 0.15) is 5.75 Å². The lowest BCUT2D eigenvalue weighted by molar-refractivity contribution is -0.120. The zero-order valence-electron chi connectivity index (χ0n) is 16.1. The van der Waals surface area contributed by atoms with Gasteiger partial charge in [0.15, 0.2) is 11.7 Å². The molecule has 0 saturated carbocycles. The number of benzene rings is 3. The number of anilines is 1. The van der Waals surface area contributed by atoms with Crippen LogP contribution in [0.25, 0.3) is 10.2 Å². The molecule has 0 atom stereocenters. The molecule has 0 spiro atoms. The molecule has 1 heterocycles. The van der Waals surface area contributed by atoms with E-state index in [0.717, 1.165) is 21.3 Å². The van der Waals surface area contributed by atoms with Gasteiger partial charge in [-0.2, -0.15) is 0 Å². The number of aromatic nitrogens is 1. The van der Waals surface area contributed by atoms with Crippen molar-refractivity contribution in [3.63, 3.8) is 0 Å². The molecule has 0 fully saturated rings. The summed E-state index contributed by atoms with van der Waals surface area (Å²) in [5.41, 5.74) is 2.83. The van der Waals surface area contributed by atoms with Crippen molar-refractivity contribution < 1.29 is 9.53 Å². The Balaban J connectivity index is 1.64. The van der Waals surface area contributed by atoms with Crippen LogP contribution in [0, 0.1) is 6.92 Å². The van der Waals surface area contributed by atoms with Gasteiger partial charge >= 0.3 is 0 Å². The Labute approximate surface area is 188 Å². The van der Waals surface area contributed by atoms with E-state index in [-0.39, 0.29) is 12.5 Å². The summed E-state index contributed by atoms with van der Waals surface area (Å²) in [6, 6.07) is 20.5. The highest BCUT2D eigenvalue weighted by molar-refractivity contribution is 7.23. The van der Waals surface area contributed by atoms with E-state index in [0.29, 0.717) is 27.5 Å². The standard InChI is InChI=1S/C23H18Cl2N2O2S/c1-15-7-12-19(25)22-21(15)26-23(30-22)27(13-16-5-3-2-4-6-16)20(28)14-29-18-10-8-17(24)9-11-18/h2-12H,13-14H2,1H3. The molecule has 0 saturated heterocycles. The quantitative estimate of drug-likeness (QED) is 0.331. The Bertz CT molecular complexity index is 1140. The maximum absolute atomic E-state index is 13.1. The van der Waals surface area contributed by atoms with Gasteiger partial charge in [-0.05, 0) is 48.4 Å². The van der Waals surface area contributed by atoms with Gasteiger partial charge in [-0.3, -0.25) is 9.69 Å². The van der Waals surface area contributed by atoms with E-state index in [4.69, 9.17) is 32.9 Å². The third-order valence-electron chi connectivity index (χ3n) is 4.58. The van der Waals surface area contributed by atoms with E-state index < -0.39 is 0 Å². The summed E-state index contributed by atoms with van der Waals surface area (Å²) in [6.07, 6.45) is 0. The molecule has 4 aromatic rings. The van der Waals surface area contributed by atoms with Gasteiger partial charge in [0.2, 0.25) is 0 Å². The average molecular weight is 457 g/mol. The molecule has 0 aliphatic rings. The number of aryl methyl sites for hydroxylation is 1. The molecule has 0 unspecified atom stereocenters. The zero-order valence-corrected chi connectivity index (χ0v) is 18.5. The fraction of sp³-hybridized carbons (Fsp3) is 0.130. The topological polar surface area (TPSA) is 42.4 Å². The number of nitrogens with zero attached hydrogens (tertiary/aromatic N) is 2. The van der Waals surface area contributed by atoms with E-state index in [2.05, 4.69) is 0 Å². The molecule has 0 aliphatic heterocycles. The summed E-state index contributed by atoms with van der Waals surface area (Å²) < 4.78 is 6.56. The molecule has 0 aliphatic carbocycles. The van der Waals surface area contributed by atoms with E-state index in [9.17, 15) is 4.79 Å². The SMILES string of the molecule is Cc1ccc(Cl)c2sc(N(Cc3ccccc3)C(=O)COc3ccc(Cl)cc3)nc12. The van der Waals surface area contributed by atoms with Crippen LogP contribution in [-0.4, -0.2) is 17.5 Å². The predicted molar refractivity (Wildman–Crippen MR) is 124 cm³/mol. The first kappa shape index (κ1) is 20.7. The van der Waals surface area contributed by atoms with Crippen LogP contribution in [0.5, 0.6) is 5.75 Å². The van der Waals surface area contributed by atoms with Crippen molar-refractivity contribution in [3.8, 4) is 5.75 Å². The average Bonchev–Trinajstić information content (AvgIpc) is 3.21. The molecule has 0 bridgehead atoms. The van der Waals surface area contributed by atoms with Crippen LogP contribution in [0.3, 0.4) is 0 Å². The van der Waals surface area contributed by atoms with Gasteiger partial charge in [-0.1, -0.05) is 70.9 Å². The van der Waals surface area contributed by atoms with Gasteiger partial charge in [0.05, 0.1) is 21.8 Å². The fourth-order valence-corrected chi connectivity index (χ4v) is 4.45. The Morgan fingerprint density at radius 3 is 2.47 bits per heavy atom. The normalized spacial score (nSPS) is 10.9. The molecule has 152 valence electrons. The number of thiazole rings is 1. The number of rotatable bonds is 6. The van der Waals surface area contributed by atoms with Crippen molar-refractivity contribution in [1.82, 2.24) is 4.98 Å². The Morgan fingerprint density at radius 1 is 1.03 bits per heavy atom. The number of fused-ring (bicyclic) bond motifs is 1. The van der Waals surface area contributed by atoms with Gasteiger partial charge in [0, 0.05) is 5.02 Å². The summed E-state index contributed by atoms with van der Waals surface area (Å²) in [5.74, 6) is 0.386. The molecule has 3 aromatic carbocycles. The Kier molecular flexibility index (Phi) is 6.23. The highest BCUT2D eigenvalue weighted by Crippen LogP contribution is 2.36. The lowest BCUT2D eigenvalue weighted by atomic mass is 10.2. The lowest BCUT2D eigenvalue weighted by Gasteiger charge is -2.20. The monoisotopic (exact) mass is 456 g/mol. The van der Waals surface area contributed by atoms with Crippen molar-refractivity contribution in [2.45, 2.75) is 13.5 Å². The van der Waals surface area contributed by atoms with Crippen molar-refractivity contribution in [2.24, 2.45) is 0 Å². The molecule has 4 rings (SSSR count). The van der Waals surface area contributed by atoms with Crippen molar-refractivity contribution in [2.75, 3.05) is 11.5 Å². The third-order valence-corrected chi connectivity index (χ3v) is 6.37.